The average Bonchev–Trinajstić information content (AvgIpc) is 3.28. The average molecular weight is 317 g/mol. The number of hydrogen-bond acceptors (Lipinski definition) is 3. The highest BCUT2D eigenvalue weighted by Gasteiger charge is 2.26. The van der Waals surface area contributed by atoms with E-state index in [4.69, 9.17) is 0 Å². The summed E-state index contributed by atoms with van der Waals surface area (Å²) in [6, 6.07) is 0.695. The second-order valence-corrected chi connectivity index (χ2v) is 8.84. The number of hydrogen-bond donors (Lipinski definition) is 1. The molecule has 0 heterocycles. The minimum Gasteiger partial charge on any atom is -0.314 e. The Hall–Kier alpha value is -0.170. The fourth-order valence-corrected chi connectivity index (χ4v) is 4.31. The molecule has 0 aromatic carbocycles. The van der Waals surface area contributed by atoms with E-state index in [0.717, 1.165) is 13.0 Å². The highest BCUT2D eigenvalue weighted by molar-refractivity contribution is 7.86. The molecule has 0 amide bonds. The van der Waals surface area contributed by atoms with Crippen molar-refractivity contribution in [2.45, 2.75) is 57.4 Å². The molecule has 0 bridgehead atoms. The Balaban J connectivity index is 1.71. The van der Waals surface area contributed by atoms with Gasteiger partial charge in [0.2, 0.25) is 0 Å². The van der Waals surface area contributed by atoms with E-state index in [0.29, 0.717) is 25.0 Å². The SMILES string of the molecule is CN(CCCNC1CC1)S(=O)(=O)N(C)CC1CCCCC1. The second-order valence-electron chi connectivity index (χ2n) is 6.70. The van der Waals surface area contributed by atoms with E-state index < -0.39 is 10.2 Å². The van der Waals surface area contributed by atoms with Gasteiger partial charge < -0.3 is 5.32 Å². The zero-order valence-electron chi connectivity index (χ0n) is 13.6. The van der Waals surface area contributed by atoms with Crippen LogP contribution in [0.5, 0.6) is 0 Å². The maximum atomic E-state index is 12.5. The lowest BCUT2D eigenvalue weighted by atomic mass is 9.89. The van der Waals surface area contributed by atoms with Crippen molar-refractivity contribution in [1.29, 1.82) is 0 Å². The molecule has 0 aliphatic heterocycles. The predicted octanol–water partition coefficient (Wildman–Crippen LogP) is 1.82. The maximum Gasteiger partial charge on any atom is 0.281 e. The van der Waals surface area contributed by atoms with Crippen LogP contribution in [0.3, 0.4) is 0 Å². The van der Waals surface area contributed by atoms with Crippen LogP contribution in [0.25, 0.3) is 0 Å². The first kappa shape index (κ1) is 17.2. The third-order valence-corrected chi connectivity index (χ3v) is 6.60. The van der Waals surface area contributed by atoms with Crippen LogP contribution in [-0.4, -0.2) is 56.8 Å². The molecule has 5 nitrogen and oxygen atoms in total. The highest BCUT2D eigenvalue weighted by Crippen LogP contribution is 2.25. The van der Waals surface area contributed by atoms with E-state index in [1.807, 2.05) is 0 Å². The number of rotatable bonds is 9. The molecule has 0 radical (unpaired) electrons. The van der Waals surface area contributed by atoms with Crippen molar-refractivity contribution < 1.29 is 8.42 Å². The largest absolute Gasteiger partial charge is 0.314 e. The third-order valence-electron chi connectivity index (χ3n) is 4.69. The minimum absolute atomic E-state index is 0.545. The topological polar surface area (TPSA) is 52.7 Å². The Kier molecular flexibility index (Phi) is 6.47. The van der Waals surface area contributed by atoms with Gasteiger partial charge in [0.15, 0.2) is 0 Å². The Labute approximate surface area is 130 Å². The Morgan fingerprint density at radius 3 is 2.29 bits per heavy atom. The molecule has 0 aromatic heterocycles. The first-order valence-electron chi connectivity index (χ1n) is 8.41. The summed E-state index contributed by atoms with van der Waals surface area (Å²) in [6.07, 6.45) is 9.59. The van der Waals surface area contributed by atoms with Crippen molar-refractivity contribution in [2.75, 3.05) is 33.7 Å². The van der Waals surface area contributed by atoms with E-state index in [-0.39, 0.29) is 0 Å². The summed E-state index contributed by atoms with van der Waals surface area (Å²) in [5.74, 6) is 0.545. The Bertz CT molecular complexity index is 403. The summed E-state index contributed by atoms with van der Waals surface area (Å²) >= 11 is 0. The zero-order chi connectivity index (χ0) is 15.3. The van der Waals surface area contributed by atoms with E-state index in [2.05, 4.69) is 5.32 Å². The van der Waals surface area contributed by atoms with E-state index in [1.54, 1.807) is 18.4 Å². The maximum absolute atomic E-state index is 12.5. The molecule has 2 fully saturated rings. The van der Waals surface area contributed by atoms with Gasteiger partial charge in [-0.1, -0.05) is 19.3 Å². The molecule has 0 unspecified atom stereocenters. The normalized spacial score (nSPS) is 21.3. The molecule has 0 aromatic rings. The number of nitrogens with zero attached hydrogens (tertiary/aromatic N) is 2. The summed E-state index contributed by atoms with van der Waals surface area (Å²) in [6.45, 7) is 2.18. The van der Waals surface area contributed by atoms with E-state index >= 15 is 0 Å². The summed E-state index contributed by atoms with van der Waals surface area (Å²) in [7, 11) is 0.139. The minimum atomic E-state index is -3.28. The lowest BCUT2D eigenvalue weighted by molar-refractivity contribution is 0.288. The highest BCUT2D eigenvalue weighted by atomic mass is 32.2. The standard InChI is InChI=1S/C15H31N3O2S/c1-17(12-6-11-16-15-9-10-15)21(19,20)18(2)13-14-7-4-3-5-8-14/h14-16H,3-13H2,1-2H3. The quantitative estimate of drug-likeness (QED) is 0.660. The zero-order valence-corrected chi connectivity index (χ0v) is 14.4. The lowest BCUT2D eigenvalue weighted by Crippen LogP contribution is -2.42. The Morgan fingerprint density at radius 2 is 1.67 bits per heavy atom. The fraction of sp³-hybridized carbons (Fsp3) is 1.00. The number of nitrogens with one attached hydrogen (secondary N) is 1. The van der Waals surface area contributed by atoms with Gasteiger partial charge in [-0.2, -0.15) is 17.0 Å². The van der Waals surface area contributed by atoms with Gasteiger partial charge in [-0.3, -0.25) is 0 Å². The second kappa shape index (κ2) is 7.90. The van der Waals surface area contributed by atoms with Crippen LogP contribution in [0.4, 0.5) is 0 Å². The van der Waals surface area contributed by atoms with Gasteiger partial charge in [-0.05, 0) is 44.6 Å². The molecule has 2 aliphatic rings. The smallest absolute Gasteiger partial charge is 0.281 e. The van der Waals surface area contributed by atoms with Crippen LogP contribution < -0.4 is 5.32 Å². The van der Waals surface area contributed by atoms with Crippen LogP contribution in [0.15, 0.2) is 0 Å². The molecule has 0 spiro atoms. The van der Waals surface area contributed by atoms with Gasteiger partial charge in [-0.25, -0.2) is 0 Å². The third kappa shape index (κ3) is 5.51. The molecular formula is C15H31N3O2S. The van der Waals surface area contributed by atoms with Crippen LogP contribution in [0.1, 0.15) is 51.4 Å². The van der Waals surface area contributed by atoms with Crippen LogP contribution in [0, 0.1) is 5.92 Å². The summed E-state index contributed by atoms with van der Waals surface area (Å²) in [5.41, 5.74) is 0. The first-order valence-corrected chi connectivity index (χ1v) is 9.81. The van der Waals surface area contributed by atoms with Crippen molar-refractivity contribution >= 4 is 10.2 Å². The molecule has 2 rings (SSSR count). The van der Waals surface area contributed by atoms with E-state index in [1.165, 1.54) is 49.3 Å². The molecule has 0 atom stereocenters. The van der Waals surface area contributed by atoms with Crippen molar-refractivity contribution in [3.8, 4) is 0 Å². The molecule has 21 heavy (non-hydrogen) atoms. The van der Waals surface area contributed by atoms with Gasteiger partial charge >= 0.3 is 0 Å². The molecule has 124 valence electrons. The van der Waals surface area contributed by atoms with Gasteiger partial charge in [0, 0.05) is 33.2 Å². The van der Waals surface area contributed by atoms with Crippen LogP contribution in [0.2, 0.25) is 0 Å². The van der Waals surface area contributed by atoms with Gasteiger partial charge in [0.25, 0.3) is 10.2 Å². The van der Waals surface area contributed by atoms with Crippen LogP contribution >= 0.6 is 0 Å². The molecule has 1 N–H and O–H groups in total. The molecular weight excluding hydrogens is 286 g/mol. The Morgan fingerprint density at radius 1 is 1.00 bits per heavy atom. The molecule has 2 aliphatic carbocycles. The summed E-state index contributed by atoms with van der Waals surface area (Å²) in [4.78, 5) is 0. The van der Waals surface area contributed by atoms with Crippen molar-refractivity contribution in [3.05, 3.63) is 0 Å². The molecule has 6 heteroatoms. The van der Waals surface area contributed by atoms with Crippen molar-refractivity contribution in [3.63, 3.8) is 0 Å². The van der Waals surface area contributed by atoms with E-state index in [9.17, 15) is 8.42 Å². The lowest BCUT2D eigenvalue weighted by Gasteiger charge is -2.29. The van der Waals surface area contributed by atoms with Gasteiger partial charge in [0.1, 0.15) is 0 Å². The first-order chi connectivity index (χ1) is 10.00. The summed E-state index contributed by atoms with van der Waals surface area (Å²) < 4.78 is 28.0. The van der Waals surface area contributed by atoms with Crippen LogP contribution in [-0.2, 0) is 10.2 Å². The predicted molar refractivity (Wildman–Crippen MR) is 86.4 cm³/mol. The molecule has 0 saturated heterocycles. The van der Waals surface area contributed by atoms with Gasteiger partial charge in [-0.15, -0.1) is 0 Å². The van der Waals surface area contributed by atoms with Crippen molar-refractivity contribution in [2.24, 2.45) is 5.92 Å². The van der Waals surface area contributed by atoms with Gasteiger partial charge in [0.05, 0.1) is 0 Å². The van der Waals surface area contributed by atoms with Crippen molar-refractivity contribution in [1.82, 2.24) is 13.9 Å². The molecule has 2 saturated carbocycles. The monoisotopic (exact) mass is 317 g/mol. The fourth-order valence-electron chi connectivity index (χ4n) is 3.08. The summed E-state index contributed by atoms with van der Waals surface area (Å²) in [5, 5.41) is 3.42.